The molecule has 0 radical (unpaired) electrons. The first-order chi connectivity index (χ1) is 10.4. The second kappa shape index (κ2) is 8.23. The van der Waals surface area contributed by atoms with Crippen LogP contribution in [-0.2, 0) is 14.3 Å². The van der Waals surface area contributed by atoms with E-state index in [1.54, 1.807) is 25.1 Å². The van der Waals surface area contributed by atoms with Gasteiger partial charge in [-0.2, -0.15) is 0 Å². The molecule has 7 heteroatoms. The summed E-state index contributed by atoms with van der Waals surface area (Å²) in [5.41, 5.74) is 6.25. The number of esters is 1. The molecule has 22 heavy (non-hydrogen) atoms. The molecule has 0 heterocycles. The van der Waals surface area contributed by atoms with Crippen molar-refractivity contribution in [2.24, 2.45) is 5.73 Å². The van der Waals surface area contributed by atoms with Crippen molar-refractivity contribution in [1.29, 1.82) is 0 Å². The molecule has 1 amide bonds. The van der Waals surface area contributed by atoms with Crippen LogP contribution in [0.3, 0.4) is 0 Å². The van der Waals surface area contributed by atoms with Crippen molar-refractivity contribution in [3.63, 3.8) is 0 Å². The highest BCUT2D eigenvalue weighted by molar-refractivity contribution is 5.82. The van der Waals surface area contributed by atoms with Gasteiger partial charge < -0.3 is 25.3 Å². The highest BCUT2D eigenvalue weighted by Gasteiger charge is 2.21. The number of benzene rings is 1. The molecule has 0 saturated carbocycles. The quantitative estimate of drug-likeness (QED) is 0.722. The maximum atomic E-state index is 11.8. The zero-order chi connectivity index (χ0) is 16.7. The lowest BCUT2D eigenvalue weighted by Crippen LogP contribution is -2.41. The zero-order valence-corrected chi connectivity index (χ0v) is 13.2. The van der Waals surface area contributed by atoms with Crippen LogP contribution in [0.5, 0.6) is 11.5 Å². The maximum absolute atomic E-state index is 11.8. The number of hydrogen-bond donors (Lipinski definition) is 2. The fraction of sp³-hybridized carbons (Fsp3) is 0.467. The molecule has 0 spiro atoms. The van der Waals surface area contributed by atoms with Gasteiger partial charge in [-0.15, -0.1) is 0 Å². The van der Waals surface area contributed by atoms with Crippen LogP contribution in [-0.4, -0.2) is 39.2 Å². The summed E-state index contributed by atoms with van der Waals surface area (Å²) in [6.07, 6.45) is -0.00948. The molecule has 0 bridgehead atoms. The molecule has 2 unspecified atom stereocenters. The Hall–Kier alpha value is -2.28. The Balaban J connectivity index is 3.08. The lowest BCUT2D eigenvalue weighted by molar-refractivity contribution is -0.141. The van der Waals surface area contributed by atoms with Gasteiger partial charge in [-0.25, -0.2) is 0 Å². The molecule has 0 aliphatic heterocycles. The van der Waals surface area contributed by atoms with Gasteiger partial charge in [0, 0.05) is 0 Å². The number of carbonyl (C=O) groups excluding carboxylic acids is 2. The van der Waals surface area contributed by atoms with Gasteiger partial charge in [-0.1, -0.05) is 6.07 Å². The van der Waals surface area contributed by atoms with Crippen molar-refractivity contribution in [3.05, 3.63) is 23.8 Å². The number of nitrogens with one attached hydrogen (secondary N) is 1. The summed E-state index contributed by atoms with van der Waals surface area (Å²) in [7, 11) is 4.33. The highest BCUT2D eigenvalue weighted by Crippen LogP contribution is 2.31. The van der Waals surface area contributed by atoms with Crippen LogP contribution in [0.2, 0.25) is 0 Å². The third-order valence-electron chi connectivity index (χ3n) is 3.14. The average Bonchev–Trinajstić information content (AvgIpc) is 2.52. The summed E-state index contributed by atoms with van der Waals surface area (Å²) >= 11 is 0. The number of ether oxygens (including phenoxy) is 3. The topological polar surface area (TPSA) is 99.9 Å². The standard InChI is InChI=1S/C15H22N2O5/c1-9(16)15(19)17-11(8-14(18)22-4)10-5-6-12(20-2)13(7-10)21-3/h5-7,9,11H,8,16H2,1-4H3,(H,17,19). The van der Waals surface area contributed by atoms with Crippen LogP contribution in [0.4, 0.5) is 0 Å². The Kier molecular flexibility index (Phi) is 6.65. The third-order valence-corrected chi connectivity index (χ3v) is 3.14. The summed E-state index contributed by atoms with van der Waals surface area (Å²) in [5, 5.41) is 2.73. The van der Waals surface area contributed by atoms with Crippen LogP contribution in [0.25, 0.3) is 0 Å². The molecule has 0 fully saturated rings. The number of nitrogens with two attached hydrogens (primary N) is 1. The molecular weight excluding hydrogens is 288 g/mol. The number of rotatable bonds is 7. The van der Waals surface area contributed by atoms with Gasteiger partial charge in [-0.05, 0) is 24.6 Å². The monoisotopic (exact) mass is 310 g/mol. The molecule has 0 aliphatic carbocycles. The van der Waals surface area contributed by atoms with E-state index in [1.165, 1.54) is 21.3 Å². The molecule has 1 aromatic rings. The first-order valence-electron chi connectivity index (χ1n) is 6.77. The average molecular weight is 310 g/mol. The number of amides is 1. The molecule has 1 aromatic carbocycles. The van der Waals surface area contributed by atoms with Gasteiger partial charge >= 0.3 is 5.97 Å². The maximum Gasteiger partial charge on any atom is 0.307 e. The lowest BCUT2D eigenvalue weighted by Gasteiger charge is -2.20. The van der Waals surface area contributed by atoms with Crippen molar-refractivity contribution in [2.45, 2.75) is 25.4 Å². The Morgan fingerprint density at radius 1 is 1.18 bits per heavy atom. The number of methoxy groups -OCH3 is 3. The first-order valence-corrected chi connectivity index (χ1v) is 6.77. The molecule has 2 atom stereocenters. The molecule has 0 saturated heterocycles. The fourth-order valence-corrected chi connectivity index (χ4v) is 1.87. The smallest absolute Gasteiger partial charge is 0.307 e. The van der Waals surface area contributed by atoms with Gasteiger partial charge in [0.1, 0.15) is 0 Å². The number of hydrogen-bond acceptors (Lipinski definition) is 6. The van der Waals surface area contributed by atoms with E-state index in [1.807, 2.05) is 0 Å². The first kappa shape index (κ1) is 17.8. The summed E-state index contributed by atoms with van der Waals surface area (Å²) < 4.78 is 15.1. The van der Waals surface area contributed by atoms with Crippen LogP contribution >= 0.6 is 0 Å². The van der Waals surface area contributed by atoms with Gasteiger partial charge in [0.2, 0.25) is 5.91 Å². The van der Waals surface area contributed by atoms with E-state index in [-0.39, 0.29) is 12.3 Å². The Morgan fingerprint density at radius 3 is 2.32 bits per heavy atom. The predicted octanol–water partition coefficient (Wildman–Crippen LogP) is 0.771. The minimum atomic E-state index is -0.680. The van der Waals surface area contributed by atoms with Crippen LogP contribution < -0.4 is 20.5 Å². The Labute approximate surface area is 129 Å². The van der Waals surface area contributed by atoms with Crippen molar-refractivity contribution < 1.29 is 23.8 Å². The van der Waals surface area contributed by atoms with Crippen LogP contribution in [0, 0.1) is 0 Å². The van der Waals surface area contributed by atoms with Crippen molar-refractivity contribution >= 4 is 11.9 Å². The van der Waals surface area contributed by atoms with Gasteiger partial charge in [0.05, 0.1) is 39.8 Å². The van der Waals surface area contributed by atoms with E-state index in [0.717, 1.165) is 0 Å². The van der Waals surface area contributed by atoms with Crippen LogP contribution in [0.15, 0.2) is 18.2 Å². The van der Waals surface area contributed by atoms with Crippen molar-refractivity contribution in [3.8, 4) is 11.5 Å². The van der Waals surface area contributed by atoms with E-state index in [9.17, 15) is 9.59 Å². The zero-order valence-electron chi connectivity index (χ0n) is 13.2. The van der Waals surface area contributed by atoms with Gasteiger partial charge in [-0.3, -0.25) is 9.59 Å². The predicted molar refractivity (Wildman–Crippen MR) is 80.7 cm³/mol. The minimum Gasteiger partial charge on any atom is -0.493 e. The lowest BCUT2D eigenvalue weighted by atomic mass is 10.0. The summed E-state index contributed by atoms with van der Waals surface area (Å²) in [6.45, 7) is 1.57. The Bertz CT molecular complexity index is 531. The van der Waals surface area contributed by atoms with Crippen LogP contribution in [0.1, 0.15) is 24.9 Å². The normalized spacial score (nSPS) is 13.0. The molecule has 7 nitrogen and oxygen atoms in total. The van der Waals surface area contributed by atoms with Crippen molar-refractivity contribution in [2.75, 3.05) is 21.3 Å². The summed E-state index contributed by atoms with van der Waals surface area (Å²) in [6, 6.07) is 3.91. The molecule has 0 aromatic heterocycles. The summed E-state index contributed by atoms with van der Waals surface area (Å²) in [5.74, 6) is 0.264. The second-order valence-electron chi connectivity index (χ2n) is 4.74. The highest BCUT2D eigenvalue weighted by atomic mass is 16.5. The van der Waals surface area contributed by atoms with E-state index >= 15 is 0 Å². The molecule has 3 N–H and O–H groups in total. The van der Waals surface area contributed by atoms with E-state index in [2.05, 4.69) is 10.1 Å². The van der Waals surface area contributed by atoms with E-state index < -0.39 is 18.1 Å². The molecular formula is C15H22N2O5. The Morgan fingerprint density at radius 2 is 1.82 bits per heavy atom. The van der Waals surface area contributed by atoms with E-state index in [4.69, 9.17) is 15.2 Å². The van der Waals surface area contributed by atoms with Gasteiger partial charge in [0.25, 0.3) is 0 Å². The van der Waals surface area contributed by atoms with E-state index in [0.29, 0.717) is 17.1 Å². The van der Waals surface area contributed by atoms with Gasteiger partial charge in [0.15, 0.2) is 11.5 Å². The molecule has 1 rings (SSSR count). The summed E-state index contributed by atoms with van der Waals surface area (Å²) in [4.78, 5) is 23.4. The molecule has 0 aliphatic rings. The minimum absolute atomic E-state index is 0.00948. The SMILES string of the molecule is COC(=O)CC(NC(=O)C(C)N)c1ccc(OC)c(OC)c1. The fourth-order valence-electron chi connectivity index (χ4n) is 1.87. The number of carbonyl (C=O) groups is 2. The van der Waals surface area contributed by atoms with Crippen molar-refractivity contribution in [1.82, 2.24) is 5.32 Å². The largest absolute Gasteiger partial charge is 0.493 e. The molecule has 122 valence electrons. The third kappa shape index (κ3) is 4.63. The second-order valence-corrected chi connectivity index (χ2v) is 4.74.